The molecule has 1 rings (SSSR count). The van der Waals surface area contributed by atoms with Gasteiger partial charge < -0.3 is 4.43 Å². The lowest BCUT2D eigenvalue weighted by Gasteiger charge is -2.25. The van der Waals surface area contributed by atoms with Crippen molar-refractivity contribution >= 4 is 10.5 Å². The molecule has 0 aliphatic heterocycles. The Balaban J connectivity index is 2.18. The molecule has 0 radical (unpaired) electrons. The molecule has 0 amide bonds. The van der Waals surface area contributed by atoms with Crippen molar-refractivity contribution in [3.05, 3.63) is 0 Å². The number of rotatable bonds is 4. The topological polar surface area (TPSA) is 21.3 Å². The van der Waals surface area contributed by atoms with Crippen molar-refractivity contribution in [2.24, 2.45) is 5.92 Å². The molecule has 1 aliphatic rings. The van der Waals surface area contributed by atoms with Crippen LogP contribution in [-0.2, 0) is 4.43 Å². The molecule has 3 heteroatoms. The summed E-state index contributed by atoms with van der Waals surface area (Å²) in [4.78, 5) is 0. The van der Waals surface area contributed by atoms with E-state index < -0.39 is 0 Å². The Morgan fingerprint density at radius 2 is 2.08 bits per heavy atom. The third-order valence-corrected chi connectivity index (χ3v) is 3.45. The summed E-state index contributed by atoms with van der Waals surface area (Å²) >= 11 is 0. The minimum Gasteiger partial charge on any atom is -0.413 e. The quantitative estimate of drug-likeness (QED) is 0.519. The van der Waals surface area contributed by atoms with E-state index >= 15 is 0 Å². The zero-order valence-electron chi connectivity index (χ0n) is 8.31. The van der Waals surface area contributed by atoms with Crippen LogP contribution >= 0.6 is 0 Å². The maximum atomic E-state index is 5.43. The molecular formula is C9H21NOSi. The lowest BCUT2D eigenvalue weighted by molar-refractivity contribution is 0.141. The van der Waals surface area contributed by atoms with Crippen LogP contribution < -0.4 is 5.32 Å². The maximum absolute atomic E-state index is 5.43. The normalized spacial score (nSPS) is 22.8. The van der Waals surface area contributed by atoms with Gasteiger partial charge in [-0.25, -0.2) is 0 Å². The fourth-order valence-electron chi connectivity index (χ4n) is 2.06. The second kappa shape index (κ2) is 5.73. The Morgan fingerprint density at radius 1 is 1.42 bits per heavy atom. The van der Waals surface area contributed by atoms with Crippen molar-refractivity contribution in [2.75, 3.05) is 7.05 Å². The second-order valence-electron chi connectivity index (χ2n) is 3.75. The minimum atomic E-state index is 0.333. The summed E-state index contributed by atoms with van der Waals surface area (Å²) < 4.78 is 5.43. The van der Waals surface area contributed by atoms with Gasteiger partial charge in [0, 0.05) is 0 Å². The van der Waals surface area contributed by atoms with E-state index in [4.69, 9.17) is 4.43 Å². The highest BCUT2D eigenvalue weighted by atomic mass is 28.2. The van der Waals surface area contributed by atoms with E-state index in [1.165, 1.54) is 38.5 Å². The van der Waals surface area contributed by atoms with E-state index in [1.54, 1.807) is 0 Å². The van der Waals surface area contributed by atoms with Crippen molar-refractivity contribution in [2.45, 2.75) is 44.8 Å². The van der Waals surface area contributed by atoms with Crippen molar-refractivity contribution in [1.29, 1.82) is 0 Å². The minimum absolute atomic E-state index is 0.333. The SMILES string of the molecule is CNC(CC1CCCCC1)O[SiH3]. The van der Waals surface area contributed by atoms with Crippen LogP contribution in [-0.4, -0.2) is 23.8 Å². The van der Waals surface area contributed by atoms with Crippen LogP contribution in [0.15, 0.2) is 0 Å². The van der Waals surface area contributed by atoms with Crippen molar-refractivity contribution in [3.63, 3.8) is 0 Å². The lowest BCUT2D eigenvalue weighted by atomic mass is 9.86. The molecule has 1 aliphatic carbocycles. The molecule has 0 aromatic heterocycles. The van der Waals surface area contributed by atoms with Crippen LogP contribution in [0.2, 0.25) is 0 Å². The Kier molecular flexibility index (Phi) is 4.88. The van der Waals surface area contributed by atoms with Gasteiger partial charge in [0.2, 0.25) is 0 Å². The van der Waals surface area contributed by atoms with Crippen LogP contribution in [0, 0.1) is 5.92 Å². The summed E-state index contributed by atoms with van der Waals surface area (Å²) in [5, 5.41) is 3.21. The largest absolute Gasteiger partial charge is 0.413 e. The lowest BCUT2D eigenvalue weighted by Crippen LogP contribution is -2.30. The van der Waals surface area contributed by atoms with Gasteiger partial charge in [0.1, 0.15) is 10.5 Å². The molecule has 0 spiro atoms. The van der Waals surface area contributed by atoms with Crippen LogP contribution in [0.25, 0.3) is 0 Å². The first-order valence-corrected chi connectivity index (χ1v) is 5.88. The monoisotopic (exact) mass is 187 g/mol. The van der Waals surface area contributed by atoms with E-state index in [2.05, 4.69) is 5.32 Å². The highest BCUT2D eigenvalue weighted by Gasteiger charge is 2.16. The predicted octanol–water partition coefficient (Wildman–Crippen LogP) is 0.799. The fourth-order valence-corrected chi connectivity index (χ4v) is 2.49. The fraction of sp³-hybridized carbons (Fsp3) is 1.00. The molecule has 1 fully saturated rings. The van der Waals surface area contributed by atoms with E-state index in [1.807, 2.05) is 7.05 Å². The first-order chi connectivity index (χ1) is 5.86. The first-order valence-electron chi connectivity index (χ1n) is 5.07. The van der Waals surface area contributed by atoms with Crippen LogP contribution in [0.5, 0.6) is 0 Å². The van der Waals surface area contributed by atoms with Gasteiger partial charge in [-0.2, -0.15) is 0 Å². The molecule has 72 valence electrons. The van der Waals surface area contributed by atoms with E-state index in [0.717, 1.165) is 16.4 Å². The molecule has 0 saturated heterocycles. The Labute approximate surface area is 78.6 Å². The first kappa shape index (κ1) is 10.2. The Bertz CT molecular complexity index is 111. The van der Waals surface area contributed by atoms with Gasteiger partial charge in [-0.05, 0) is 19.4 Å². The smallest absolute Gasteiger partial charge is 0.148 e. The van der Waals surface area contributed by atoms with Crippen molar-refractivity contribution in [3.8, 4) is 0 Å². The van der Waals surface area contributed by atoms with Crippen LogP contribution in [0.1, 0.15) is 38.5 Å². The van der Waals surface area contributed by atoms with Gasteiger partial charge >= 0.3 is 0 Å². The second-order valence-corrected chi connectivity index (χ2v) is 4.22. The third kappa shape index (κ3) is 3.25. The molecule has 0 bridgehead atoms. The van der Waals surface area contributed by atoms with E-state index in [0.29, 0.717) is 6.23 Å². The predicted molar refractivity (Wildman–Crippen MR) is 55.1 cm³/mol. The molecular weight excluding hydrogens is 166 g/mol. The molecule has 0 aromatic rings. The summed E-state index contributed by atoms with van der Waals surface area (Å²) in [6.07, 6.45) is 8.71. The van der Waals surface area contributed by atoms with Crippen LogP contribution in [0.3, 0.4) is 0 Å². The molecule has 1 N–H and O–H groups in total. The molecule has 2 nitrogen and oxygen atoms in total. The zero-order valence-corrected chi connectivity index (χ0v) is 10.3. The summed E-state index contributed by atoms with van der Waals surface area (Å²) in [5.41, 5.74) is 0. The Morgan fingerprint density at radius 3 is 2.58 bits per heavy atom. The van der Waals surface area contributed by atoms with Gasteiger partial charge in [0.25, 0.3) is 0 Å². The molecule has 0 heterocycles. The van der Waals surface area contributed by atoms with E-state index in [-0.39, 0.29) is 0 Å². The van der Waals surface area contributed by atoms with Gasteiger partial charge in [0.05, 0.1) is 6.23 Å². The molecule has 1 saturated carbocycles. The van der Waals surface area contributed by atoms with Gasteiger partial charge in [-0.3, -0.25) is 5.32 Å². The number of hydrogen-bond donors (Lipinski definition) is 1. The molecule has 12 heavy (non-hydrogen) atoms. The van der Waals surface area contributed by atoms with Gasteiger partial charge in [-0.15, -0.1) is 0 Å². The maximum Gasteiger partial charge on any atom is 0.148 e. The zero-order chi connectivity index (χ0) is 8.81. The summed E-state index contributed by atoms with van der Waals surface area (Å²) in [7, 11) is 2.84. The van der Waals surface area contributed by atoms with Gasteiger partial charge in [0.15, 0.2) is 0 Å². The van der Waals surface area contributed by atoms with Crippen molar-refractivity contribution in [1.82, 2.24) is 5.32 Å². The van der Waals surface area contributed by atoms with Crippen LogP contribution in [0.4, 0.5) is 0 Å². The average molecular weight is 187 g/mol. The third-order valence-electron chi connectivity index (χ3n) is 2.88. The standard InChI is InChI=1S/C9H21NOSi/c1-10-9(11-12)7-8-5-3-2-4-6-8/h8-10H,2-7H2,1,12H3. The van der Waals surface area contributed by atoms with Crippen molar-refractivity contribution < 1.29 is 4.43 Å². The molecule has 0 aromatic carbocycles. The molecule has 1 atom stereocenters. The number of nitrogens with one attached hydrogen (secondary N) is 1. The molecule has 1 unspecified atom stereocenters. The Hall–Kier alpha value is 0.137. The van der Waals surface area contributed by atoms with E-state index in [9.17, 15) is 0 Å². The summed E-state index contributed by atoms with van der Waals surface area (Å²) in [6.45, 7) is 0. The van der Waals surface area contributed by atoms with Gasteiger partial charge in [-0.1, -0.05) is 32.1 Å². The summed E-state index contributed by atoms with van der Waals surface area (Å²) in [5.74, 6) is 0.921. The highest BCUT2D eigenvalue weighted by molar-refractivity contribution is 5.98. The average Bonchev–Trinajstić information content (AvgIpc) is 2.16. The highest BCUT2D eigenvalue weighted by Crippen LogP contribution is 2.27. The summed E-state index contributed by atoms with van der Waals surface area (Å²) in [6, 6.07) is 0. The number of hydrogen-bond acceptors (Lipinski definition) is 2.